The lowest BCUT2D eigenvalue weighted by atomic mass is 10.1. The third-order valence-electron chi connectivity index (χ3n) is 4.07. The number of carbonyl (C=O) groups is 2. The highest BCUT2D eigenvalue weighted by molar-refractivity contribution is 5.94. The molecule has 0 unspecified atom stereocenters. The maximum absolute atomic E-state index is 12.2. The maximum atomic E-state index is 12.2. The lowest BCUT2D eigenvalue weighted by molar-refractivity contribution is -0.114. The van der Waals surface area contributed by atoms with Crippen LogP contribution in [0.4, 0.5) is 5.69 Å². The SMILES string of the molecule is CC(=O)Nc1cccc(OCC#CCNC(=O)c2ccc(Cn3ccnc3)cc2)c1. The molecule has 0 saturated carbocycles. The van der Waals surface area contributed by atoms with Gasteiger partial charge in [0, 0.05) is 43.2 Å². The lowest BCUT2D eigenvalue weighted by Gasteiger charge is -2.06. The fraction of sp³-hybridized carbons (Fsp3) is 0.174. The van der Waals surface area contributed by atoms with Crippen molar-refractivity contribution in [3.05, 3.63) is 78.4 Å². The molecule has 2 N–H and O–H groups in total. The van der Waals surface area contributed by atoms with E-state index in [9.17, 15) is 9.59 Å². The van der Waals surface area contributed by atoms with Crippen molar-refractivity contribution < 1.29 is 14.3 Å². The molecule has 0 aliphatic carbocycles. The Kier molecular flexibility index (Phi) is 7.23. The van der Waals surface area contributed by atoms with Gasteiger partial charge in [-0.1, -0.05) is 30.0 Å². The summed E-state index contributed by atoms with van der Waals surface area (Å²) in [5.41, 5.74) is 2.33. The second-order valence-corrected chi connectivity index (χ2v) is 6.47. The Morgan fingerprint density at radius 1 is 1.13 bits per heavy atom. The number of ether oxygens (including phenoxy) is 1. The topological polar surface area (TPSA) is 85.3 Å². The minimum Gasteiger partial charge on any atom is -0.481 e. The number of nitrogens with one attached hydrogen (secondary N) is 2. The molecule has 0 spiro atoms. The van der Waals surface area contributed by atoms with Gasteiger partial charge in [0.2, 0.25) is 5.91 Å². The minimum absolute atomic E-state index is 0.143. The van der Waals surface area contributed by atoms with Crippen LogP contribution in [-0.2, 0) is 11.3 Å². The molecule has 0 atom stereocenters. The molecule has 0 fully saturated rings. The summed E-state index contributed by atoms with van der Waals surface area (Å²) in [5, 5.41) is 5.45. The van der Waals surface area contributed by atoms with Gasteiger partial charge in [0.1, 0.15) is 12.4 Å². The number of aromatic nitrogens is 2. The fourth-order valence-corrected chi connectivity index (χ4v) is 2.68. The Morgan fingerprint density at radius 3 is 2.70 bits per heavy atom. The van der Waals surface area contributed by atoms with Gasteiger partial charge in [-0.05, 0) is 29.8 Å². The number of amides is 2. The van der Waals surface area contributed by atoms with E-state index >= 15 is 0 Å². The number of hydrogen-bond donors (Lipinski definition) is 2. The van der Waals surface area contributed by atoms with Crippen LogP contribution in [0.25, 0.3) is 0 Å². The summed E-state index contributed by atoms with van der Waals surface area (Å²) in [5.74, 6) is 5.99. The van der Waals surface area contributed by atoms with Crippen molar-refractivity contribution in [1.29, 1.82) is 0 Å². The molecule has 0 bridgehead atoms. The second kappa shape index (κ2) is 10.5. The molecule has 0 aliphatic rings. The zero-order chi connectivity index (χ0) is 21.2. The van der Waals surface area contributed by atoms with Crippen molar-refractivity contribution in [1.82, 2.24) is 14.9 Å². The maximum Gasteiger partial charge on any atom is 0.252 e. The van der Waals surface area contributed by atoms with Crippen molar-refractivity contribution in [2.24, 2.45) is 0 Å². The number of hydrogen-bond acceptors (Lipinski definition) is 4. The third-order valence-corrected chi connectivity index (χ3v) is 4.07. The van der Waals surface area contributed by atoms with Crippen molar-refractivity contribution in [3.63, 3.8) is 0 Å². The van der Waals surface area contributed by atoms with Gasteiger partial charge in [-0.3, -0.25) is 9.59 Å². The molecule has 7 heteroatoms. The first-order valence-corrected chi connectivity index (χ1v) is 9.39. The van der Waals surface area contributed by atoms with Crippen LogP contribution >= 0.6 is 0 Å². The van der Waals surface area contributed by atoms with Crippen molar-refractivity contribution >= 4 is 17.5 Å². The van der Waals surface area contributed by atoms with Crippen LogP contribution in [-0.4, -0.2) is 34.5 Å². The van der Waals surface area contributed by atoms with Crippen LogP contribution in [0.3, 0.4) is 0 Å². The Bertz CT molecular complexity index is 1050. The molecule has 0 saturated heterocycles. The van der Waals surface area contributed by atoms with Gasteiger partial charge >= 0.3 is 0 Å². The first-order valence-electron chi connectivity index (χ1n) is 9.39. The van der Waals surface area contributed by atoms with Crippen LogP contribution in [0.1, 0.15) is 22.8 Å². The second-order valence-electron chi connectivity index (χ2n) is 6.47. The van der Waals surface area contributed by atoms with E-state index < -0.39 is 0 Å². The normalized spacial score (nSPS) is 9.90. The summed E-state index contributed by atoms with van der Waals surface area (Å²) in [7, 11) is 0. The van der Waals surface area contributed by atoms with Crippen LogP contribution in [0.5, 0.6) is 5.75 Å². The number of benzene rings is 2. The summed E-state index contributed by atoms with van der Waals surface area (Å²) < 4.78 is 7.49. The molecule has 30 heavy (non-hydrogen) atoms. The zero-order valence-electron chi connectivity index (χ0n) is 16.6. The van der Waals surface area contributed by atoms with Gasteiger partial charge < -0.3 is 19.9 Å². The highest BCUT2D eigenvalue weighted by atomic mass is 16.5. The van der Waals surface area contributed by atoms with E-state index in [1.54, 1.807) is 48.9 Å². The summed E-state index contributed by atoms with van der Waals surface area (Å²) in [6.07, 6.45) is 5.38. The Labute approximate surface area is 175 Å². The van der Waals surface area contributed by atoms with E-state index in [0.29, 0.717) is 23.5 Å². The molecule has 152 valence electrons. The molecule has 7 nitrogen and oxygen atoms in total. The van der Waals surface area contributed by atoms with E-state index in [2.05, 4.69) is 27.5 Å². The molecule has 0 radical (unpaired) electrons. The van der Waals surface area contributed by atoms with E-state index in [-0.39, 0.29) is 25.0 Å². The van der Waals surface area contributed by atoms with Crippen molar-refractivity contribution in [2.75, 3.05) is 18.5 Å². The smallest absolute Gasteiger partial charge is 0.252 e. The first-order chi connectivity index (χ1) is 14.6. The molecule has 2 aromatic carbocycles. The molecule has 1 heterocycles. The standard InChI is InChI=1S/C23H22N4O3/c1-18(28)26-21-5-4-6-22(15-21)30-14-3-2-11-25-23(29)20-9-7-19(8-10-20)16-27-13-12-24-17-27/h4-10,12-13,15,17H,11,14,16H2,1H3,(H,25,29)(H,26,28). The number of rotatable bonds is 7. The van der Waals surface area contributed by atoms with E-state index in [1.165, 1.54) is 6.92 Å². The average molecular weight is 402 g/mol. The molecule has 1 aromatic heterocycles. The highest BCUT2D eigenvalue weighted by Crippen LogP contribution is 2.17. The number of carbonyl (C=O) groups excluding carboxylic acids is 2. The number of anilines is 1. The van der Waals surface area contributed by atoms with Crippen LogP contribution < -0.4 is 15.4 Å². The van der Waals surface area contributed by atoms with Gasteiger partial charge in [0.05, 0.1) is 12.9 Å². The number of imidazole rings is 1. The molecule has 3 aromatic rings. The summed E-state index contributed by atoms with van der Waals surface area (Å²) in [6, 6.07) is 14.5. The predicted octanol–water partition coefficient (Wildman–Crippen LogP) is 2.70. The van der Waals surface area contributed by atoms with Gasteiger partial charge in [-0.2, -0.15) is 0 Å². The molecule has 2 amide bonds. The average Bonchev–Trinajstić information content (AvgIpc) is 3.24. The molecular weight excluding hydrogens is 380 g/mol. The first kappa shape index (κ1) is 20.7. The van der Waals surface area contributed by atoms with E-state index in [0.717, 1.165) is 5.56 Å². The van der Waals surface area contributed by atoms with Gasteiger partial charge in [-0.25, -0.2) is 4.98 Å². The van der Waals surface area contributed by atoms with Crippen molar-refractivity contribution in [3.8, 4) is 17.6 Å². The van der Waals surface area contributed by atoms with E-state index in [1.807, 2.05) is 22.9 Å². The molecule has 3 rings (SSSR count). The van der Waals surface area contributed by atoms with Crippen molar-refractivity contribution in [2.45, 2.75) is 13.5 Å². The summed E-state index contributed by atoms with van der Waals surface area (Å²) in [6.45, 7) is 2.57. The summed E-state index contributed by atoms with van der Waals surface area (Å²) in [4.78, 5) is 27.3. The van der Waals surface area contributed by atoms with Gasteiger partial charge in [-0.15, -0.1) is 0 Å². The van der Waals surface area contributed by atoms with Crippen LogP contribution in [0.15, 0.2) is 67.3 Å². The Morgan fingerprint density at radius 2 is 1.97 bits per heavy atom. The van der Waals surface area contributed by atoms with Gasteiger partial charge in [0.25, 0.3) is 5.91 Å². The zero-order valence-corrected chi connectivity index (χ0v) is 16.6. The summed E-state index contributed by atoms with van der Waals surface area (Å²) >= 11 is 0. The largest absolute Gasteiger partial charge is 0.481 e. The minimum atomic E-state index is -0.178. The Hall–Kier alpha value is -4.05. The van der Waals surface area contributed by atoms with Crippen LogP contribution in [0, 0.1) is 11.8 Å². The Balaban J connectivity index is 1.40. The van der Waals surface area contributed by atoms with Crippen LogP contribution in [0.2, 0.25) is 0 Å². The lowest BCUT2D eigenvalue weighted by Crippen LogP contribution is -2.23. The molecular formula is C23H22N4O3. The monoisotopic (exact) mass is 402 g/mol. The quantitative estimate of drug-likeness (QED) is 0.595. The third kappa shape index (κ3) is 6.53. The van der Waals surface area contributed by atoms with E-state index in [4.69, 9.17) is 4.74 Å². The predicted molar refractivity (Wildman–Crippen MR) is 114 cm³/mol. The molecule has 0 aliphatic heterocycles. The fourth-order valence-electron chi connectivity index (χ4n) is 2.68. The highest BCUT2D eigenvalue weighted by Gasteiger charge is 2.04. The number of nitrogens with zero attached hydrogens (tertiary/aromatic N) is 2. The van der Waals surface area contributed by atoms with Gasteiger partial charge in [0.15, 0.2) is 0 Å².